The van der Waals surface area contributed by atoms with Gasteiger partial charge in [-0.15, -0.1) is 0 Å². The van der Waals surface area contributed by atoms with Crippen molar-refractivity contribution >= 4 is 11.5 Å². The largest absolute Gasteiger partial charge is 0.385 e. The van der Waals surface area contributed by atoms with E-state index >= 15 is 0 Å². The smallest absolute Gasteiger partial charge is 0.192 e. The summed E-state index contributed by atoms with van der Waals surface area (Å²) < 4.78 is 0. The maximum Gasteiger partial charge on any atom is 0.192 e. The number of anilines is 1. The molecule has 44 valence electrons. The van der Waals surface area contributed by atoms with Crippen LogP contribution in [0.2, 0.25) is 0 Å². The molecule has 2 N–H and O–H groups in total. The molecule has 1 aromatic rings. The fraction of sp³-hybridized carbons (Fsp3) is 0. The highest BCUT2D eigenvalue weighted by Gasteiger charge is 1.88. The first-order chi connectivity index (χ1) is 4.33. The van der Waals surface area contributed by atoms with Crippen molar-refractivity contribution < 1.29 is 0 Å². The van der Waals surface area contributed by atoms with Gasteiger partial charge in [-0.2, -0.15) is 0 Å². The molecular weight excluding hydrogens is 114 g/mol. The summed E-state index contributed by atoms with van der Waals surface area (Å²) in [6, 6.07) is 3.15. The average Bonchev–Trinajstić information content (AvgIpc) is 1.88. The van der Waals surface area contributed by atoms with Gasteiger partial charge in [0.25, 0.3) is 0 Å². The number of hydrogen-bond acceptors (Lipinski definition) is 2. The minimum Gasteiger partial charge on any atom is -0.385 e. The molecule has 0 saturated heterocycles. The van der Waals surface area contributed by atoms with E-state index < -0.39 is 0 Å². The monoisotopic (exact) mass is 119 g/mol. The molecule has 0 spiro atoms. The van der Waals surface area contributed by atoms with E-state index in [-0.39, 0.29) is 0 Å². The summed E-state index contributed by atoms with van der Waals surface area (Å²) in [5, 5.41) is 0. The van der Waals surface area contributed by atoms with Crippen molar-refractivity contribution in [2.45, 2.75) is 0 Å². The molecule has 0 aliphatic rings. The standard InChI is InChI=1S/C6H5N3/c1-8-5-2-3-9-6(7)4-5/h2-4H,(H2,7,9). The molecule has 0 aliphatic carbocycles. The summed E-state index contributed by atoms with van der Waals surface area (Å²) >= 11 is 0. The third kappa shape index (κ3) is 1.16. The summed E-state index contributed by atoms with van der Waals surface area (Å²) in [5.74, 6) is 0.392. The molecule has 1 heterocycles. The minimum absolute atomic E-state index is 0.392. The zero-order valence-electron chi connectivity index (χ0n) is 4.70. The predicted octanol–water partition coefficient (Wildman–Crippen LogP) is 1.21. The van der Waals surface area contributed by atoms with Crippen molar-refractivity contribution in [3.63, 3.8) is 0 Å². The van der Waals surface area contributed by atoms with Gasteiger partial charge in [0.1, 0.15) is 5.82 Å². The van der Waals surface area contributed by atoms with Crippen LogP contribution < -0.4 is 5.73 Å². The minimum atomic E-state index is 0.392. The molecular formula is C6H5N3. The number of nitrogens with zero attached hydrogens (tertiary/aromatic N) is 2. The Bertz CT molecular complexity index is 249. The Balaban J connectivity index is 3.12. The van der Waals surface area contributed by atoms with Gasteiger partial charge in [-0.05, 0) is 12.1 Å². The number of aromatic nitrogens is 1. The highest BCUT2D eigenvalue weighted by Crippen LogP contribution is 2.11. The Morgan fingerprint density at radius 1 is 1.67 bits per heavy atom. The normalized spacial score (nSPS) is 8.33. The van der Waals surface area contributed by atoms with Crippen molar-refractivity contribution in [1.82, 2.24) is 4.98 Å². The Morgan fingerprint density at radius 2 is 2.44 bits per heavy atom. The van der Waals surface area contributed by atoms with E-state index in [0.29, 0.717) is 11.5 Å². The van der Waals surface area contributed by atoms with Gasteiger partial charge in [0.2, 0.25) is 0 Å². The highest BCUT2D eigenvalue weighted by atomic mass is 14.8. The third-order valence-electron chi connectivity index (χ3n) is 0.894. The van der Waals surface area contributed by atoms with Crippen molar-refractivity contribution in [3.05, 3.63) is 29.7 Å². The molecule has 0 aliphatic heterocycles. The summed E-state index contributed by atoms with van der Waals surface area (Å²) in [6.07, 6.45) is 1.52. The number of hydrogen-bond donors (Lipinski definition) is 1. The Morgan fingerprint density at radius 3 is 2.89 bits per heavy atom. The van der Waals surface area contributed by atoms with Gasteiger partial charge < -0.3 is 5.73 Å². The van der Waals surface area contributed by atoms with Crippen LogP contribution in [0.25, 0.3) is 4.85 Å². The summed E-state index contributed by atoms with van der Waals surface area (Å²) in [5.41, 5.74) is 5.81. The highest BCUT2D eigenvalue weighted by molar-refractivity contribution is 5.50. The van der Waals surface area contributed by atoms with Crippen LogP contribution in [0.4, 0.5) is 11.5 Å². The topological polar surface area (TPSA) is 43.3 Å². The van der Waals surface area contributed by atoms with Crippen LogP contribution >= 0.6 is 0 Å². The second-order valence-corrected chi connectivity index (χ2v) is 1.55. The molecule has 3 heteroatoms. The van der Waals surface area contributed by atoms with Gasteiger partial charge in [0.15, 0.2) is 5.69 Å². The lowest BCUT2D eigenvalue weighted by Gasteiger charge is -1.88. The molecule has 1 aromatic heterocycles. The second-order valence-electron chi connectivity index (χ2n) is 1.55. The maximum atomic E-state index is 6.58. The zero-order valence-corrected chi connectivity index (χ0v) is 4.70. The predicted molar refractivity (Wildman–Crippen MR) is 34.9 cm³/mol. The van der Waals surface area contributed by atoms with E-state index in [2.05, 4.69) is 9.83 Å². The van der Waals surface area contributed by atoms with E-state index in [9.17, 15) is 0 Å². The fourth-order valence-corrected chi connectivity index (χ4v) is 0.506. The van der Waals surface area contributed by atoms with Crippen molar-refractivity contribution in [1.29, 1.82) is 0 Å². The van der Waals surface area contributed by atoms with E-state index in [0.717, 1.165) is 0 Å². The number of rotatable bonds is 0. The summed E-state index contributed by atoms with van der Waals surface area (Å²) in [7, 11) is 0. The fourth-order valence-electron chi connectivity index (χ4n) is 0.506. The molecule has 0 atom stereocenters. The first-order valence-electron chi connectivity index (χ1n) is 2.42. The van der Waals surface area contributed by atoms with E-state index in [1.165, 1.54) is 12.3 Å². The van der Waals surface area contributed by atoms with Crippen molar-refractivity contribution in [2.75, 3.05) is 5.73 Å². The Labute approximate surface area is 53.0 Å². The van der Waals surface area contributed by atoms with E-state index in [4.69, 9.17) is 12.3 Å². The van der Waals surface area contributed by atoms with Crippen LogP contribution in [0, 0.1) is 6.57 Å². The van der Waals surface area contributed by atoms with Crippen LogP contribution in [-0.2, 0) is 0 Å². The van der Waals surface area contributed by atoms with Gasteiger partial charge in [0, 0.05) is 6.20 Å². The van der Waals surface area contributed by atoms with Gasteiger partial charge in [-0.1, -0.05) is 0 Å². The van der Waals surface area contributed by atoms with Crippen LogP contribution in [0.5, 0.6) is 0 Å². The van der Waals surface area contributed by atoms with Gasteiger partial charge in [0.05, 0.1) is 6.57 Å². The molecule has 1 rings (SSSR count). The van der Waals surface area contributed by atoms with Gasteiger partial charge in [-0.25, -0.2) is 9.83 Å². The van der Waals surface area contributed by atoms with Crippen molar-refractivity contribution in [2.24, 2.45) is 0 Å². The average molecular weight is 119 g/mol. The molecule has 0 amide bonds. The lowest BCUT2D eigenvalue weighted by Crippen LogP contribution is -1.85. The molecule has 0 unspecified atom stereocenters. The van der Waals surface area contributed by atoms with Gasteiger partial charge >= 0.3 is 0 Å². The molecule has 0 bridgehead atoms. The first-order valence-corrected chi connectivity index (χ1v) is 2.42. The lowest BCUT2D eigenvalue weighted by atomic mass is 10.4. The molecule has 0 fully saturated rings. The number of nitrogens with two attached hydrogens (primary N) is 1. The molecule has 9 heavy (non-hydrogen) atoms. The zero-order chi connectivity index (χ0) is 6.69. The van der Waals surface area contributed by atoms with Gasteiger partial charge in [-0.3, -0.25) is 0 Å². The Hall–Kier alpha value is -1.56. The molecule has 0 saturated carbocycles. The summed E-state index contributed by atoms with van der Waals surface area (Å²) in [4.78, 5) is 6.88. The number of nitrogen functional groups attached to an aromatic ring is 1. The number of pyridine rings is 1. The quantitative estimate of drug-likeness (QED) is 0.521. The van der Waals surface area contributed by atoms with Crippen LogP contribution in [0.1, 0.15) is 0 Å². The second kappa shape index (κ2) is 2.14. The summed E-state index contributed by atoms with van der Waals surface area (Å²) in [6.45, 7) is 6.58. The van der Waals surface area contributed by atoms with Crippen LogP contribution in [-0.4, -0.2) is 4.98 Å². The Kier molecular flexibility index (Phi) is 1.32. The van der Waals surface area contributed by atoms with Crippen LogP contribution in [0.15, 0.2) is 18.3 Å². The van der Waals surface area contributed by atoms with E-state index in [1.807, 2.05) is 0 Å². The van der Waals surface area contributed by atoms with E-state index in [1.54, 1.807) is 6.07 Å². The molecule has 0 aromatic carbocycles. The van der Waals surface area contributed by atoms with Crippen LogP contribution in [0.3, 0.4) is 0 Å². The SMILES string of the molecule is [C-]#[N+]c1ccnc(N)c1. The lowest BCUT2D eigenvalue weighted by molar-refractivity contribution is 1.34. The molecule has 3 nitrogen and oxygen atoms in total. The maximum absolute atomic E-state index is 6.58. The third-order valence-corrected chi connectivity index (χ3v) is 0.894. The first kappa shape index (κ1) is 5.57. The molecule has 0 radical (unpaired) electrons. The van der Waals surface area contributed by atoms with Crippen molar-refractivity contribution in [3.8, 4) is 0 Å².